The van der Waals surface area contributed by atoms with Crippen molar-refractivity contribution in [1.82, 2.24) is 15.4 Å². The summed E-state index contributed by atoms with van der Waals surface area (Å²) in [5, 5.41) is 11.0. The third-order valence-electron chi connectivity index (χ3n) is 6.43. The summed E-state index contributed by atoms with van der Waals surface area (Å²) in [6.07, 6.45) is 0. The van der Waals surface area contributed by atoms with Crippen LogP contribution >= 0.6 is 0 Å². The Morgan fingerprint density at radius 2 is 1.33 bits per heavy atom. The summed E-state index contributed by atoms with van der Waals surface area (Å²) < 4.78 is 0. The summed E-state index contributed by atoms with van der Waals surface area (Å²) in [5.41, 5.74) is 0.307. The largest absolute Gasteiger partial charge is 0.374 e. The van der Waals surface area contributed by atoms with E-state index in [-0.39, 0.29) is 0 Å². The Hall–Kier alpha value is 0.0748. The minimum atomic E-state index is 0.307. The maximum absolute atomic E-state index is 3.81. The number of nitrogens with one attached hydrogen (secondary N) is 3. The Morgan fingerprint density at radius 1 is 0.810 bits per heavy atom. The summed E-state index contributed by atoms with van der Waals surface area (Å²) >= 11 is 0. The minimum Gasteiger partial charge on any atom is -0.374 e. The average molecular weight is 291 g/mol. The molecule has 0 aromatic heterocycles. The van der Waals surface area contributed by atoms with Gasteiger partial charge in [0, 0.05) is 0 Å². The lowest BCUT2D eigenvalue weighted by atomic mass is 9.41. The van der Waals surface area contributed by atoms with Crippen molar-refractivity contribution in [3.8, 4) is 0 Å². The molecule has 0 amide bonds. The zero-order valence-corrected chi connectivity index (χ0v) is 15.7. The highest BCUT2D eigenvalue weighted by molar-refractivity contribution is 6.83. The van der Waals surface area contributed by atoms with E-state index in [1.165, 1.54) is 0 Å². The van der Waals surface area contributed by atoms with Crippen LogP contribution in [0.25, 0.3) is 0 Å². The first kappa shape index (κ1) is 19.1. The molecule has 1 rings (SSSR count). The Morgan fingerprint density at radius 3 is 1.81 bits per heavy atom. The predicted molar refractivity (Wildman–Crippen MR) is 99.5 cm³/mol. The standard InChI is InChI=1S/C15H36B3N3/c1-10(2)12(5)15(8,9)14(7)18-20-16-19-17(21-18)13(6)11(3)4/h10-14,16,19-21H,1-9H3. The zero-order valence-electron chi connectivity index (χ0n) is 15.7. The lowest BCUT2D eigenvalue weighted by Crippen LogP contribution is -2.73. The van der Waals surface area contributed by atoms with E-state index in [4.69, 9.17) is 0 Å². The van der Waals surface area contributed by atoms with Gasteiger partial charge < -0.3 is 15.4 Å². The molecular formula is C15H36B3N3. The van der Waals surface area contributed by atoms with E-state index < -0.39 is 0 Å². The van der Waals surface area contributed by atoms with E-state index in [0.717, 1.165) is 13.5 Å². The molecule has 21 heavy (non-hydrogen) atoms. The van der Waals surface area contributed by atoms with Crippen LogP contribution < -0.4 is 15.4 Å². The molecule has 6 heteroatoms. The van der Waals surface area contributed by atoms with Gasteiger partial charge in [0.1, 0.15) is 0 Å². The average Bonchev–Trinajstić information content (AvgIpc) is 2.44. The van der Waals surface area contributed by atoms with Crippen molar-refractivity contribution in [2.45, 2.75) is 73.9 Å². The van der Waals surface area contributed by atoms with Gasteiger partial charge in [0.15, 0.2) is 0 Å². The summed E-state index contributed by atoms with van der Waals surface area (Å²) in [6, 6.07) is 0. The molecule has 1 fully saturated rings. The highest BCUT2D eigenvalue weighted by Crippen LogP contribution is 2.43. The van der Waals surface area contributed by atoms with E-state index in [9.17, 15) is 0 Å². The maximum Gasteiger partial charge on any atom is 0.288 e. The summed E-state index contributed by atoms with van der Waals surface area (Å²) in [4.78, 5) is 0. The highest BCUT2D eigenvalue weighted by Gasteiger charge is 2.43. The predicted octanol–water partition coefficient (Wildman–Crippen LogP) is 2.77. The van der Waals surface area contributed by atoms with Gasteiger partial charge in [-0.2, -0.15) is 0 Å². The monoisotopic (exact) mass is 291 g/mol. The molecule has 0 spiro atoms. The molecule has 0 aromatic carbocycles. The van der Waals surface area contributed by atoms with Crippen LogP contribution in [0, 0.1) is 23.2 Å². The first-order valence-corrected chi connectivity index (χ1v) is 8.81. The van der Waals surface area contributed by atoms with Gasteiger partial charge in [-0.1, -0.05) is 62.3 Å². The van der Waals surface area contributed by atoms with E-state index in [0.29, 0.717) is 42.9 Å². The topological polar surface area (TPSA) is 36.1 Å². The fourth-order valence-corrected chi connectivity index (χ4v) is 3.34. The van der Waals surface area contributed by atoms with Gasteiger partial charge in [0.05, 0.1) is 0 Å². The second-order valence-electron chi connectivity index (χ2n) is 8.45. The molecule has 1 aliphatic rings. The molecule has 0 saturated carbocycles. The minimum absolute atomic E-state index is 0.307. The molecule has 3 atom stereocenters. The molecule has 0 aromatic rings. The summed E-state index contributed by atoms with van der Waals surface area (Å²) in [5.74, 6) is 3.32. The van der Waals surface area contributed by atoms with Gasteiger partial charge in [0.25, 0.3) is 21.5 Å². The van der Waals surface area contributed by atoms with Crippen molar-refractivity contribution >= 4 is 21.5 Å². The van der Waals surface area contributed by atoms with Crippen LogP contribution in [0.15, 0.2) is 0 Å². The SMILES string of the molecule is CC(C)C(C)B1NBNB(C(C)C(C)(C)C(C)C(C)C)N1. The molecule has 1 aliphatic heterocycles. The Balaban J connectivity index is 2.75. The molecule has 1 saturated heterocycles. The van der Waals surface area contributed by atoms with Crippen LogP contribution in [0.4, 0.5) is 0 Å². The fraction of sp³-hybridized carbons (Fsp3) is 1.00. The van der Waals surface area contributed by atoms with Gasteiger partial charge in [-0.3, -0.25) is 0 Å². The van der Waals surface area contributed by atoms with Crippen LogP contribution in [0.2, 0.25) is 11.6 Å². The lowest BCUT2D eigenvalue weighted by molar-refractivity contribution is 0.165. The third kappa shape index (κ3) is 4.52. The summed E-state index contributed by atoms with van der Waals surface area (Å²) in [7, 11) is 0.899. The second kappa shape index (κ2) is 7.56. The van der Waals surface area contributed by atoms with Gasteiger partial charge in [-0.05, 0) is 34.8 Å². The molecule has 3 N–H and O–H groups in total. The van der Waals surface area contributed by atoms with Crippen molar-refractivity contribution in [2.75, 3.05) is 0 Å². The van der Waals surface area contributed by atoms with Crippen LogP contribution in [0.3, 0.4) is 0 Å². The normalized spacial score (nSPS) is 21.5. The molecule has 3 nitrogen and oxygen atoms in total. The molecule has 0 aliphatic carbocycles. The van der Waals surface area contributed by atoms with Crippen molar-refractivity contribution < 1.29 is 0 Å². The third-order valence-corrected chi connectivity index (χ3v) is 6.43. The smallest absolute Gasteiger partial charge is 0.288 e. The van der Waals surface area contributed by atoms with E-state index in [1.54, 1.807) is 0 Å². The van der Waals surface area contributed by atoms with Crippen LogP contribution in [0.1, 0.15) is 62.3 Å². The van der Waals surface area contributed by atoms with Gasteiger partial charge >= 0.3 is 0 Å². The molecule has 3 unspecified atom stereocenters. The number of rotatable bonds is 6. The lowest BCUT2D eigenvalue weighted by Gasteiger charge is -2.45. The van der Waals surface area contributed by atoms with Crippen molar-refractivity contribution in [1.29, 1.82) is 0 Å². The molecular weight excluding hydrogens is 255 g/mol. The van der Waals surface area contributed by atoms with E-state index in [2.05, 4.69) is 77.7 Å². The Bertz CT molecular complexity index is 323. The van der Waals surface area contributed by atoms with Crippen molar-refractivity contribution in [2.24, 2.45) is 23.2 Å². The van der Waals surface area contributed by atoms with E-state index in [1.807, 2.05) is 0 Å². The second-order valence-corrected chi connectivity index (χ2v) is 8.45. The van der Waals surface area contributed by atoms with Crippen LogP contribution in [-0.4, -0.2) is 21.5 Å². The first-order valence-electron chi connectivity index (χ1n) is 8.81. The fourth-order valence-electron chi connectivity index (χ4n) is 3.34. The molecule has 0 radical (unpaired) electrons. The maximum atomic E-state index is 3.81. The highest BCUT2D eigenvalue weighted by atomic mass is 15.0. The van der Waals surface area contributed by atoms with Crippen molar-refractivity contribution in [3.05, 3.63) is 0 Å². The molecule has 0 bridgehead atoms. The number of hydrogen-bond donors (Lipinski definition) is 3. The van der Waals surface area contributed by atoms with Gasteiger partial charge in [-0.25, -0.2) is 0 Å². The van der Waals surface area contributed by atoms with Gasteiger partial charge in [0.2, 0.25) is 0 Å². The van der Waals surface area contributed by atoms with Crippen LogP contribution in [0.5, 0.6) is 0 Å². The zero-order chi connectivity index (χ0) is 16.4. The van der Waals surface area contributed by atoms with Crippen LogP contribution in [-0.2, 0) is 0 Å². The molecule has 120 valence electrons. The quantitative estimate of drug-likeness (QED) is 0.659. The Kier molecular flexibility index (Phi) is 6.89. The Labute approximate surface area is 134 Å². The first-order chi connectivity index (χ1) is 9.59. The van der Waals surface area contributed by atoms with Crippen molar-refractivity contribution in [3.63, 3.8) is 0 Å². The molecule has 1 heterocycles. The number of hydrogen-bond acceptors (Lipinski definition) is 3. The summed E-state index contributed by atoms with van der Waals surface area (Å²) in [6.45, 7) is 22.1. The van der Waals surface area contributed by atoms with Gasteiger partial charge in [-0.15, -0.1) is 0 Å². The van der Waals surface area contributed by atoms with E-state index >= 15 is 0 Å².